The van der Waals surface area contributed by atoms with Crippen molar-refractivity contribution in [1.29, 1.82) is 0 Å². The molecule has 0 saturated carbocycles. The van der Waals surface area contributed by atoms with Crippen molar-refractivity contribution in [1.82, 2.24) is 5.32 Å². The third-order valence-electron chi connectivity index (χ3n) is 4.89. The minimum absolute atomic E-state index is 0.105. The number of unbranched alkanes of at least 4 members (excludes halogenated alkanes) is 3. The largest absolute Gasteiger partial charge is 0.463 e. The molecule has 7 heteroatoms. The average molecular weight is 422 g/mol. The van der Waals surface area contributed by atoms with Crippen LogP contribution in [0.1, 0.15) is 57.9 Å². The Morgan fingerprint density at radius 3 is 2.47 bits per heavy atom. The van der Waals surface area contributed by atoms with E-state index in [0.717, 1.165) is 38.7 Å². The molecule has 1 aromatic carbocycles. The number of carbonyl (C=O) groups is 2. The predicted octanol–water partition coefficient (Wildman–Crippen LogP) is 3.35. The summed E-state index contributed by atoms with van der Waals surface area (Å²) in [6, 6.07) is 9.99. The van der Waals surface area contributed by atoms with Crippen molar-refractivity contribution in [2.24, 2.45) is 0 Å². The zero-order valence-corrected chi connectivity index (χ0v) is 18.1. The summed E-state index contributed by atoms with van der Waals surface area (Å²) in [6.45, 7) is 5.05. The molecule has 1 saturated heterocycles. The molecule has 30 heavy (non-hydrogen) atoms. The van der Waals surface area contributed by atoms with Crippen LogP contribution < -0.4 is 5.32 Å². The first-order valence-corrected chi connectivity index (χ1v) is 10.8. The fourth-order valence-electron chi connectivity index (χ4n) is 3.37. The highest BCUT2D eigenvalue weighted by Crippen LogP contribution is 2.21. The molecule has 0 unspecified atom stereocenters. The Kier molecular flexibility index (Phi) is 11.4. The van der Waals surface area contributed by atoms with Gasteiger partial charge >= 0.3 is 5.97 Å². The van der Waals surface area contributed by atoms with Crippen molar-refractivity contribution >= 4 is 11.9 Å². The van der Waals surface area contributed by atoms with Gasteiger partial charge in [0, 0.05) is 27.1 Å². The summed E-state index contributed by atoms with van der Waals surface area (Å²) < 4.78 is 22.6. The topological polar surface area (TPSA) is 83.1 Å². The molecule has 0 aromatic heterocycles. The molecule has 1 aliphatic heterocycles. The molecule has 0 aliphatic carbocycles. The fourth-order valence-corrected chi connectivity index (χ4v) is 3.37. The van der Waals surface area contributed by atoms with Gasteiger partial charge in [-0.15, -0.1) is 0 Å². The maximum Gasteiger partial charge on any atom is 0.302 e. The first kappa shape index (κ1) is 24.3. The number of nitrogens with one attached hydrogen (secondary N) is 1. The number of amides is 1. The van der Waals surface area contributed by atoms with Gasteiger partial charge in [0.1, 0.15) is 6.61 Å². The van der Waals surface area contributed by atoms with Gasteiger partial charge in [0.25, 0.3) is 0 Å². The number of hydrogen-bond acceptors (Lipinski definition) is 6. The van der Waals surface area contributed by atoms with Crippen LogP contribution in [0.15, 0.2) is 30.3 Å². The normalized spacial score (nSPS) is 21.2. The van der Waals surface area contributed by atoms with Crippen molar-refractivity contribution in [3.8, 4) is 0 Å². The van der Waals surface area contributed by atoms with Crippen LogP contribution in [-0.4, -0.2) is 50.1 Å². The minimum Gasteiger partial charge on any atom is -0.463 e. The first-order valence-electron chi connectivity index (χ1n) is 10.8. The molecule has 1 N–H and O–H groups in total. The van der Waals surface area contributed by atoms with Gasteiger partial charge in [0.15, 0.2) is 6.29 Å². The summed E-state index contributed by atoms with van der Waals surface area (Å²) in [7, 11) is 0. The maximum absolute atomic E-state index is 11.4. The minimum atomic E-state index is -0.516. The van der Waals surface area contributed by atoms with Crippen LogP contribution in [0.5, 0.6) is 0 Å². The van der Waals surface area contributed by atoms with Gasteiger partial charge in [0.2, 0.25) is 5.91 Å². The van der Waals surface area contributed by atoms with E-state index in [9.17, 15) is 9.59 Å². The lowest BCUT2D eigenvalue weighted by Gasteiger charge is -2.36. The highest BCUT2D eigenvalue weighted by Gasteiger charge is 2.33. The van der Waals surface area contributed by atoms with Crippen molar-refractivity contribution in [2.75, 3.05) is 19.8 Å². The Morgan fingerprint density at radius 2 is 1.77 bits per heavy atom. The average Bonchev–Trinajstić information content (AvgIpc) is 2.72. The summed E-state index contributed by atoms with van der Waals surface area (Å²) in [6.07, 6.45) is 4.78. The van der Waals surface area contributed by atoms with Crippen molar-refractivity contribution < 1.29 is 28.5 Å². The molecule has 7 nitrogen and oxygen atoms in total. The van der Waals surface area contributed by atoms with Gasteiger partial charge in [-0.3, -0.25) is 9.59 Å². The van der Waals surface area contributed by atoms with Crippen LogP contribution in [0.4, 0.5) is 0 Å². The zero-order chi connectivity index (χ0) is 21.6. The molecule has 168 valence electrons. The second-order valence-corrected chi connectivity index (χ2v) is 7.64. The van der Waals surface area contributed by atoms with Gasteiger partial charge in [-0.1, -0.05) is 43.2 Å². The Labute approximate surface area is 179 Å². The molecular weight excluding hydrogens is 386 g/mol. The Bertz CT molecular complexity index is 623. The molecule has 1 heterocycles. The van der Waals surface area contributed by atoms with E-state index in [1.807, 2.05) is 18.2 Å². The SMILES string of the molecule is CC(=O)N[C@@H]1CC[C@H](COC(C)=O)O[C@H]1OCCCCCCOCc1ccccc1. The lowest BCUT2D eigenvalue weighted by molar-refractivity contribution is -0.217. The molecule has 1 fully saturated rings. The third-order valence-corrected chi connectivity index (χ3v) is 4.89. The van der Waals surface area contributed by atoms with Gasteiger partial charge in [-0.05, 0) is 31.2 Å². The summed E-state index contributed by atoms with van der Waals surface area (Å²) in [5.41, 5.74) is 1.19. The zero-order valence-electron chi connectivity index (χ0n) is 18.1. The monoisotopic (exact) mass is 421 g/mol. The molecule has 0 radical (unpaired) electrons. The van der Waals surface area contributed by atoms with E-state index in [2.05, 4.69) is 17.4 Å². The molecule has 1 aliphatic rings. The molecule has 1 aromatic rings. The van der Waals surface area contributed by atoms with E-state index in [4.69, 9.17) is 18.9 Å². The van der Waals surface area contributed by atoms with E-state index in [-0.39, 0.29) is 30.6 Å². The number of esters is 1. The van der Waals surface area contributed by atoms with Crippen LogP contribution in [-0.2, 0) is 35.1 Å². The number of rotatable bonds is 13. The van der Waals surface area contributed by atoms with Gasteiger partial charge in [0.05, 0.1) is 18.8 Å². The van der Waals surface area contributed by atoms with E-state index in [1.54, 1.807) is 0 Å². The van der Waals surface area contributed by atoms with Crippen LogP contribution >= 0.6 is 0 Å². The van der Waals surface area contributed by atoms with Crippen LogP contribution in [0, 0.1) is 0 Å². The van der Waals surface area contributed by atoms with Crippen LogP contribution in [0.3, 0.4) is 0 Å². The summed E-state index contributed by atoms with van der Waals surface area (Å²) in [5.74, 6) is -0.432. The summed E-state index contributed by atoms with van der Waals surface area (Å²) in [5, 5.41) is 2.89. The maximum atomic E-state index is 11.4. The van der Waals surface area contributed by atoms with E-state index in [0.29, 0.717) is 19.6 Å². The molecule has 0 spiro atoms. The summed E-state index contributed by atoms with van der Waals surface area (Å²) >= 11 is 0. The molecule has 0 bridgehead atoms. The molecule has 1 amide bonds. The Balaban J connectivity index is 1.57. The third kappa shape index (κ3) is 10.2. The highest BCUT2D eigenvalue weighted by atomic mass is 16.7. The second-order valence-electron chi connectivity index (χ2n) is 7.64. The number of ether oxygens (including phenoxy) is 4. The summed E-state index contributed by atoms with van der Waals surface area (Å²) in [4.78, 5) is 22.5. The lowest BCUT2D eigenvalue weighted by Crippen LogP contribution is -2.51. The van der Waals surface area contributed by atoms with Gasteiger partial charge in [-0.2, -0.15) is 0 Å². The van der Waals surface area contributed by atoms with Gasteiger partial charge < -0.3 is 24.3 Å². The second kappa shape index (κ2) is 14.1. The Morgan fingerprint density at radius 1 is 1.03 bits per heavy atom. The molecule has 3 atom stereocenters. The van der Waals surface area contributed by atoms with Crippen molar-refractivity contribution in [3.63, 3.8) is 0 Å². The van der Waals surface area contributed by atoms with Gasteiger partial charge in [-0.25, -0.2) is 0 Å². The van der Waals surface area contributed by atoms with Crippen LogP contribution in [0.2, 0.25) is 0 Å². The van der Waals surface area contributed by atoms with E-state index in [1.165, 1.54) is 19.4 Å². The molecular formula is C23H35NO6. The van der Waals surface area contributed by atoms with E-state index >= 15 is 0 Å². The van der Waals surface area contributed by atoms with Crippen molar-refractivity contribution in [2.45, 2.75) is 77.4 Å². The number of benzene rings is 1. The number of hydrogen-bond donors (Lipinski definition) is 1. The fraction of sp³-hybridized carbons (Fsp3) is 0.652. The molecule has 2 rings (SSSR count). The number of carbonyl (C=O) groups excluding carboxylic acids is 2. The smallest absolute Gasteiger partial charge is 0.302 e. The highest BCUT2D eigenvalue weighted by molar-refractivity contribution is 5.73. The lowest BCUT2D eigenvalue weighted by atomic mass is 10.0. The van der Waals surface area contributed by atoms with E-state index < -0.39 is 6.29 Å². The predicted molar refractivity (Wildman–Crippen MR) is 113 cm³/mol. The first-order chi connectivity index (χ1) is 14.5. The standard InChI is InChI=1S/C23H35NO6/c1-18(25)24-22-13-12-21(17-29-19(2)26)30-23(22)28-15-9-4-3-8-14-27-16-20-10-6-5-7-11-20/h5-7,10-11,21-23H,3-4,8-9,12-17H2,1-2H3,(H,24,25)/t21-,22-,23-/m1/s1. The van der Waals surface area contributed by atoms with Crippen molar-refractivity contribution in [3.05, 3.63) is 35.9 Å². The Hall–Kier alpha value is -1.96. The quantitative estimate of drug-likeness (QED) is 0.388. The van der Waals surface area contributed by atoms with Crippen LogP contribution in [0.25, 0.3) is 0 Å².